The van der Waals surface area contributed by atoms with Gasteiger partial charge in [-0.15, -0.1) is 0 Å². The number of esters is 1. The first-order chi connectivity index (χ1) is 36.0. The Kier molecular flexibility index (Phi) is 61.9. The van der Waals surface area contributed by atoms with Crippen molar-refractivity contribution in [2.75, 3.05) is 13.2 Å². The van der Waals surface area contributed by atoms with Gasteiger partial charge in [-0.1, -0.05) is 328 Å². The van der Waals surface area contributed by atoms with Crippen LogP contribution in [0.5, 0.6) is 0 Å². The fourth-order valence-electron chi connectivity index (χ4n) is 10.7. The van der Waals surface area contributed by atoms with Crippen molar-refractivity contribution in [2.24, 2.45) is 0 Å². The molecule has 6 nitrogen and oxygen atoms in total. The lowest BCUT2D eigenvalue weighted by Gasteiger charge is -2.22. The SMILES string of the molecule is CCCCCCCCCCCCCCCCCCCCCCCCCC(O)C(CO)NC(=O)CCCCCCC/C=C\CCCCCCCCCCCOC(=O)CCCCCCCCCCCCCCCCC. The van der Waals surface area contributed by atoms with Gasteiger partial charge in [0.2, 0.25) is 5.91 Å². The largest absolute Gasteiger partial charge is 0.466 e. The van der Waals surface area contributed by atoms with E-state index in [1.807, 2.05) is 0 Å². The first-order valence-corrected chi connectivity index (χ1v) is 33.4. The first-order valence-electron chi connectivity index (χ1n) is 33.4. The zero-order valence-electron chi connectivity index (χ0n) is 49.6. The van der Waals surface area contributed by atoms with Crippen molar-refractivity contribution in [1.82, 2.24) is 5.32 Å². The van der Waals surface area contributed by atoms with E-state index in [0.29, 0.717) is 25.9 Å². The quantitative estimate of drug-likeness (QED) is 0.0320. The van der Waals surface area contributed by atoms with E-state index in [-0.39, 0.29) is 18.5 Å². The maximum atomic E-state index is 12.5. The Morgan fingerprint density at radius 3 is 0.973 bits per heavy atom. The Labute approximate surface area is 457 Å². The molecule has 73 heavy (non-hydrogen) atoms. The number of amides is 1. The molecule has 434 valence electrons. The minimum atomic E-state index is -0.674. The molecule has 0 radical (unpaired) electrons. The average Bonchev–Trinajstić information content (AvgIpc) is 3.39. The van der Waals surface area contributed by atoms with Crippen molar-refractivity contribution < 1.29 is 24.5 Å². The van der Waals surface area contributed by atoms with Gasteiger partial charge in [0.05, 0.1) is 25.4 Å². The second kappa shape index (κ2) is 63.1. The first kappa shape index (κ1) is 71.6. The molecule has 0 saturated heterocycles. The number of allylic oxidation sites excluding steroid dienone is 2. The second-order valence-electron chi connectivity index (χ2n) is 23.2. The fourth-order valence-corrected chi connectivity index (χ4v) is 10.7. The van der Waals surface area contributed by atoms with Crippen molar-refractivity contribution in [3.05, 3.63) is 12.2 Å². The summed E-state index contributed by atoms with van der Waals surface area (Å²) in [4.78, 5) is 24.6. The zero-order valence-corrected chi connectivity index (χ0v) is 49.6. The van der Waals surface area contributed by atoms with E-state index in [1.165, 1.54) is 295 Å². The lowest BCUT2D eigenvalue weighted by atomic mass is 10.0. The molecule has 0 spiro atoms. The molecule has 1 amide bonds. The molecule has 0 aromatic rings. The molecule has 0 aromatic carbocycles. The molecule has 0 heterocycles. The van der Waals surface area contributed by atoms with Gasteiger partial charge in [-0.25, -0.2) is 0 Å². The molecular weight excluding hydrogens is 899 g/mol. The second-order valence-corrected chi connectivity index (χ2v) is 23.2. The number of nitrogens with one attached hydrogen (secondary N) is 1. The highest BCUT2D eigenvalue weighted by Gasteiger charge is 2.20. The standard InChI is InChI=1S/C67H131NO5/c1-3-5-7-9-11-13-15-17-19-20-21-22-23-24-25-28-32-35-39-43-47-51-55-59-65(70)64(63-69)68-66(71)60-56-52-48-44-40-36-33-29-26-27-30-34-38-42-46-50-54-58-62-73-67(72)61-57-53-49-45-41-37-31-18-16-14-12-10-8-6-4-2/h29,33,64-65,69-70H,3-28,30-32,34-63H2,1-2H3,(H,68,71)/b33-29-. The maximum Gasteiger partial charge on any atom is 0.305 e. The topological polar surface area (TPSA) is 95.9 Å². The minimum absolute atomic E-state index is 0.00712. The highest BCUT2D eigenvalue weighted by molar-refractivity contribution is 5.76. The van der Waals surface area contributed by atoms with Crippen molar-refractivity contribution in [2.45, 2.75) is 392 Å². The lowest BCUT2D eigenvalue weighted by Crippen LogP contribution is -2.45. The van der Waals surface area contributed by atoms with Gasteiger partial charge in [-0.2, -0.15) is 0 Å². The molecule has 0 aliphatic rings. The van der Waals surface area contributed by atoms with Crippen molar-refractivity contribution >= 4 is 11.9 Å². The van der Waals surface area contributed by atoms with Crippen LogP contribution >= 0.6 is 0 Å². The summed E-state index contributed by atoms with van der Waals surface area (Å²) in [7, 11) is 0. The molecule has 2 unspecified atom stereocenters. The molecule has 2 atom stereocenters. The number of hydrogen-bond acceptors (Lipinski definition) is 5. The summed E-state index contributed by atoms with van der Waals surface area (Å²) in [5.41, 5.74) is 0. The van der Waals surface area contributed by atoms with Crippen LogP contribution < -0.4 is 5.32 Å². The maximum absolute atomic E-state index is 12.5. The van der Waals surface area contributed by atoms with Crippen LogP contribution in [-0.2, 0) is 14.3 Å². The van der Waals surface area contributed by atoms with Crippen LogP contribution in [0.2, 0.25) is 0 Å². The van der Waals surface area contributed by atoms with Gasteiger partial charge >= 0.3 is 5.97 Å². The van der Waals surface area contributed by atoms with Gasteiger partial charge in [-0.05, 0) is 51.4 Å². The van der Waals surface area contributed by atoms with Gasteiger partial charge < -0.3 is 20.3 Å². The van der Waals surface area contributed by atoms with Crippen LogP contribution in [-0.4, -0.2) is 47.4 Å². The Hall–Kier alpha value is -1.40. The van der Waals surface area contributed by atoms with E-state index in [4.69, 9.17) is 4.74 Å². The number of ether oxygens (including phenoxy) is 1. The monoisotopic (exact) mass is 1030 g/mol. The van der Waals surface area contributed by atoms with Crippen molar-refractivity contribution in [1.29, 1.82) is 0 Å². The number of carbonyl (C=O) groups excluding carboxylic acids is 2. The average molecular weight is 1030 g/mol. The van der Waals surface area contributed by atoms with Gasteiger partial charge in [0, 0.05) is 12.8 Å². The Bertz CT molecular complexity index is 1100. The predicted octanol–water partition coefficient (Wildman–Crippen LogP) is 21.2. The molecule has 0 saturated carbocycles. The highest BCUT2D eigenvalue weighted by atomic mass is 16.5. The highest BCUT2D eigenvalue weighted by Crippen LogP contribution is 2.19. The summed E-state index contributed by atoms with van der Waals surface area (Å²) < 4.78 is 5.49. The molecule has 3 N–H and O–H groups in total. The Morgan fingerprint density at radius 1 is 0.370 bits per heavy atom. The van der Waals surface area contributed by atoms with Crippen LogP contribution in [0.1, 0.15) is 380 Å². The zero-order chi connectivity index (χ0) is 52.9. The molecule has 6 heteroatoms. The molecule has 0 aromatic heterocycles. The normalized spacial score (nSPS) is 12.5. The summed E-state index contributed by atoms with van der Waals surface area (Å²) in [6.07, 6.45) is 76.6. The number of rotatable bonds is 63. The van der Waals surface area contributed by atoms with Gasteiger partial charge in [0.25, 0.3) is 0 Å². The minimum Gasteiger partial charge on any atom is -0.466 e. The number of aliphatic hydroxyl groups excluding tert-OH is 2. The Morgan fingerprint density at radius 2 is 0.644 bits per heavy atom. The van der Waals surface area contributed by atoms with Gasteiger partial charge in [0.15, 0.2) is 0 Å². The predicted molar refractivity (Wildman–Crippen MR) is 320 cm³/mol. The van der Waals surface area contributed by atoms with Gasteiger partial charge in [0.1, 0.15) is 0 Å². The summed E-state index contributed by atoms with van der Waals surface area (Å²) >= 11 is 0. The van der Waals surface area contributed by atoms with Crippen molar-refractivity contribution in [3.63, 3.8) is 0 Å². The van der Waals surface area contributed by atoms with Crippen LogP contribution in [0.15, 0.2) is 12.2 Å². The third-order valence-electron chi connectivity index (χ3n) is 15.8. The number of carbonyl (C=O) groups is 2. The Balaban J connectivity index is 3.43. The molecule has 0 fully saturated rings. The van der Waals surface area contributed by atoms with Crippen LogP contribution in [0, 0.1) is 0 Å². The van der Waals surface area contributed by atoms with E-state index in [9.17, 15) is 19.8 Å². The molecule has 0 aliphatic carbocycles. The third kappa shape index (κ3) is 59.7. The van der Waals surface area contributed by atoms with E-state index in [2.05, 4.69) is 31.3 Å². The van der Waals surface area contributed by atoms with E-state index in [1.54, 1.807) is 0 Å². The van der Waals surface area contributed by atoms with E-state index < -0.39 is 12.1 Å². The van der Waals surface area contributed by atoms with E-state index >= 15 is 0 Å². The smallest absolute Gasteiger partial charge is 0.305 e. The van der Waals surface area contributed by atoms with E-state index in [0.717, 1.165) is 51.4 Å². The van der Waals surface area contributed by atoms with Crippen LogP contribution in [0.25, 0.3) is 0 Å². The molecular formula is C67H131NO5. The summed E-state index contributed by atoms with van der Waals surface area (Å²) in [6.45, 7) is 4.98. The summed E-state index contributed by atoms with van der Waals surface area (Å²) in [5, 5.41) is 23.4. The number of hydrogen-bond donors (Lipinski definition) is 3. The molecule has 0 aliphatic heterocycles. The van der Waals surface area contributed by atoms with Crippen molar-refractivity contribution in [3.8, 4) is 0 Å². The lowest BCUT2D eigenvalue weighted by molar-refractivity contribution is -0.143. The fraction of sp³-hybridized carbons (Fsp3) is 0.940. The van der Waals surface area contributed by atoms with Gasteiger partial charge in [-0.3, -0.25) is 9.59 Å². The molecule has 0 rings (SSSR count). The third-order valence-corrected chi connectivity index (χ3v) is 15.8. The van der Waals surface area contributed by atoms with Crippen LogP contribution in [0.3, 0.4) is 0 Å². The van der Waals surface area contributed by atoms with Crippen LogP contribution in [0.4, 0.5) is 0 Å². The number of unbranched alkanes of at least 4 members (excludes halogenated alkanes) is 50. The number of aliphatic hydroxyl groups is 2. The summed E-state index contributed by atoms with van der Waals surface area (Å²) in [5.74, 6) is -0.0374. The molecule has 0 bridgehead atoms. The summed E-state index contributed by atoms with van der Waals surface area (Å²) in [6, 6.07) is -0.552.